The average Bonchev–Trinajstić information content (AvgIpc) is 2.58. The highest BCUT2D eigenvalue weighted by molar-refractivity contribution is 5.57. The van der Waals surface area contributed by atoms with Gasteiger partial charge < -0.3 is 23.8 Å². The van der Waals surface area contributed by atoms with Crippen molar-refractivity contribution in [2.45, 2.75) is 18.8 Å². The van der Waals surface area contributed by atoms with E-state index in [1.807, 2.05) is 18.2 Å². The van der Waals surface area contributed by atoms with E-state index in [2.05, 4.69) is 11.0 Å². The summed E-state index contributed by atoms with van der Waals surface area (Å²) in [4.78, 5) is 2.32. The van der Waals surface area contributed by atoms with Crippen LogP contribution in [0.4, 0.5) is 5.69 Å². The van der Waals surface area contributed by atoms with Gasteiger partial charge in [0.1, 0.15) is 0 Å². The third kappa shape index (κ3) is 4.01. The van der Waals surface area contributed by atoms with Crippen molar-refractivity contribution in [3.63, 3.8) is 0 Å². The molecule has 6 heteroatoms. The van der Waals surface area contributed by atoms with Crippen LogP contribution in [0.1, 0.15) is 11.1 Å². The molecule has 2 atom stereocenters. The van der Waals surface area contributed by atoms with Crippen LogP contribution in [0.15, 0.2) is 18.2 Å². The maximum Gasteiger partial charge on any atom is 0.0991 e. The summed E-state index contributed by atoms with van der Waals surface area (Å²) >= 11 is 0. The number of nitrogens with zero attached hydrogens (tertiary/aromatic N) is 2. The smallest absolute Gasteiger partial charge is 0.0991 e. The van der Waals surface area contributed by atoms with Crippen LogP contribution >= 0.6 is 0 Å². The fourth-order valence-electron chi connectivity index (χ4n) is 3.04. The molecule has 0 amide bonds. The normalized spacial score (nSPS) is 23.6. The van der Waals surface area contributed by atoms with E-state index >= 15 is 0 Å². The Morgan fingerprint density at radius 1 is 1.26 bits per heavy atom. The highest BCUT2D eigenvalue weighted by Gasteiger charge is 2.32. The van der Waals surface area contributed by atoms with Crippen LogP contribution in [0.2, 0.25) is 0 Å². The Morgan fingerprint density at radius 3 is 2.74 bits per heavy atom. The number of anilines is 1. The van der Waals surface area contributed by atoms with Gasteiger partial charge in [-0.2, -0.15) is 5.26 Å². The molecule has 2 saturated heterocycles. The molecule has 0 aliphatic carbocycles. The molecule has 0 saturated carbocycles. The van der Waals surface area contributed by atoms with E-state index in [0.29, 0.717) is 38.6 Å². The van der Waals surface area contributed by atoms with Gasteiger partial charge in [-0.05, 0) is 18.2 Å². The lowest BCUT2D eigenvalue weighted by Gasteiger charge is -2.42. The van der Waals surface area contributed by atoms with Crippen molar-refractivity contribution >= 4 is 5.69 Å². The Kier molecular flexibility index (Phi) is 5.47. The van der Waals surface area contributed by atoms with Crippen molar-refractivity contribution in [3.05, 3.63) is 29.3 Å². The van der Waals surface area contributed by atoms with Crippen LogP contribution in [-0.2, 0) is 25.6 Å². The number of rotatable bonds is 6. The molecule has 1 aromatic carbocycles. The Balaban J connectivity index is 1.75. The molecule has 6 nitrogen and oxygen atoms in total. The minimum absolute atomic E-state index is 0.111. The van der Waals surface area contributed by atoms with Crippen molar-refractivity contribution < 1.29 is 18.9 Å². The molecule has 2 unspecified atom stereocenters. The van der Waals surface area contributed by atoms with E-state index in [1.165, 1.54) is 0 Å². The SMILES string of the molecule is COCCOCc1cc(C#N)ccc1N1CC2COCC(C1)O2. The number of morpholine rings is 1. The van der Waals surface area contributed by atoms with Crippen molar-refractivity contribution in [2.75, 3.05) is 51.5 Å². The lowest BCUT2D eigenvalue weighted by atomic mass is 10.1. The molecule has 3 rings (SSSR count). The minimum atomic E-state index is 0.111. The van der Waals surface area contributed by atoms with Gasteiger partial charge in [0.25, 0.3) is 0 Å². The summed E-state index contributed by atoms with van der Waals surface area (Å²) in [6.07, 6.45) is 0.223. The first-order valence-corrected chi connectivity index (χ1v) is 7.88. The highest BCUT2D eigenvalue weighted by atomic mass is 16.6. The van der Waals surface area contributed by atoms with E-state index < -0.39 is 0 Å². The standard InChI is InChI=1S/C17H22N2O4/c1-20-4-5-21-10-14-6-13(7-18)2-3-17(14)19-8-15-11-22-12-16(9-19)23-15/h2-3,6,15-16H,4-5,8-12H2,1H3. The Hall–Kier alpha value is -1.65. The number of benzene rings is 1. The Morgan fingerprint density at radius 2 is 2.04 bits per heavy atom. The number of hydrogen-bond donors (Lipinski definition) is 0. The zero-order valence-corrected chi connectivity index (χ0v) is 13.4. The summed E-state index contributed by atoms with van der Waals surface area (Å²) in [5, 5.41) is 9.14. The van der Waals surface area contributed by atoms with E-state index in [4.69, 9.17) is 24.2 Å². The summed E-state index contributed by atoms with van der Waals surface area (Å²) in [5.74, 6) is 0. The molecular formula is C17H22N2O4. The lowest BCUT2D eigenvalue weighted by molar-refractivity contribution is -0.144. The summed E-state index contributed by atoms with van der Waals surface area (Å²) in [5.41, 5.74) is 2.79. The fraction of sp³-hybridized carbons (Fsp3) is 0.588. The molecule has 0 spiro atoms. The van der Waals surface area contributed by atoms with Crippen molar-refractivity contribution in [1.29, 1.82) is 5.26 Å². The van der Waals surface area contributed by atoms with Crippen LogP contribution in [0.25, 0.3) is 0 Å². The summed E-state index contributed by atoms with van der Waals surface area (Å²) in [6.45, 7) is 4.45. The minimum Gasteiger partial charge on any atom is -0.382 e. The van der Waals surface area contributed by atoms with Crippen molar-refractivity contribution in [2.24, 2.45) is 0 Å². The van der Waals surface area contributed by atoms with Crippen LogP contribution in [0, 0.1) is 11.3 Å². The molecule has 1 aromatic rings. The largest absolute Gasteiger partial charge is 0.382 e. The monoisotopic (exact) mass is 318 g/mol. The predicted molar refractivity (Wildman–Crippen MR) is 84.4 cm³/mol. The van der Waals surface area contributed by atoms with E-state index in [0.717, 1.165) is 24.3 Å². The zero-order chi connectivity index (χ0) is 16.1. The molecule has 2 aliphatic rings. The van der Waals surface area contributed by atoms with Crippen molar-refractivity contribution in [1.82, 2.24) is 0 Å². The highest BCUT2D eigenvalue weighted by Crippen LogP contribution is 2.28. The molecule has 124 valence electrons. The van der Waals surface area contributed by atoms with E-state index in [1.54, 1.807) is 7.11 Å². The molecular weight excluding hydrogens is 296 g/mol. The van der Waals surface area contributed by atoms with Gasteiger partial charge in [0.2, 0.25) is 0 Å². The van der Waals surface area contributed by atoms with Gasteiger partial charge in [0.05, 0.1) is 56.9 Å². The van der Waals surface area contributed by atoms with Crippen LogP contribution < -0.4 is 4.90 Å². The Bertz CT molecular complexity index is 560. The first-order valence-electron chi connectivity index (χ1n) is 7.88. The maximum absolute atomic E-state index is 9.14. The molecule has 2 heterocycles. The number of nitriles is 1. The first kappa shape index (κ1) is 16.2. The van der Waals surface area contributed by atoms with Gasteiger partial charge >= 0.3 is 0 Å². The van der Waals surface area contributed by atoms with E-state index in [-0.39, 0.29) is 12.2 Å². The van der Waals surface area contributed by atoms with Crippen molar-refractivity contribution in [3.8, 4) is 6.07 Å². The number of hydrogen-bond acceptors (Lipinski definition) is 6. The number of methoxy groups -OCH3 is 1. The van der Waals surface area contributed by atoms with Gasteiger partial charge in [-0.1, -0.05) is 0 Å². The summed E-state index contributed by atoms with van der Waals surface area (Å²) in [6, 6.07) is 7.97. The van der Waals surface area contributed by atoms with Gasteiger partial charge in [-0.3, -0.25) is 0 Å². The second kappa shape index (κ2) is 7.75. The molecule has 0 N–H and O–H groups in total. The quantitative estimate of drug-likeness (QED) is 0.737. The van der Waals surface area contributed by atoms with E-state index in [9.17, 15) is 0 Å². The second-order valence-corrected chi connectivity index (χ2v) is 5.82. The lowest BCUT2D eigenvalue weighted by Crippen LogP contribution is -2.54. The molecule has 2 aliphatic heterocycles. The van der Waals surface area contributed by atoms with Gasteiger partial charge in [-0.25, -0.2) is 0 Å². The zero-order valence-electron chi connectivity index (χ0n) is 13.4. The van der Waals surface area contributed by atoms with Crippen LogP contribution in [-0.4, -0.2) is 58.8 Å². The third-order valence-electron chi connectivity index (χ3n) is 4.08. The van der Waals surface area contributed by atoms with Gasteiger partial charge in [0, 0.05) is 31.5 Å². The molecule has 23 heavy (non-hydrogen) atoms. The maximum atomic E-state index is 9.14. The third-order valence-corrected chi connectivity index (χ3v) is 4.08. The fourth-order valence-corrected chi connectivity index (χ4v) is 3.04. The van der Waals surface area contributed by atoms with Gasteiger partial charge in [0.15, 0.2) is 0 Å². The number of fused-ring (bicyclic) bond motifs is 2. The number of ether oxygens (including phenoxy) is 4. The molecule has 2 bridgehead atoms. The second-order valence-electron chi connectivity index (χ2n) is 5.82. The average molecular weight is 318 g/mol. The molecule has 0 aromatic heterocycles. The molecule has 2 fully saturated rings. The molecule has 0 radical (unpaired) electrons. The van der Waals surface area contributed by atoms with Gasteiger partial charge in [-0.15, -0.1) is 0 Å². The first-order chi connectivity index (χ1) is 11.3. The van der Waals surface area contributed by atoms with Crippen LogP contribution in [0.5, 0.6) is 0 Å². The summed E-state index contributed by atoms with van der Waals surface area (Å²) in [7, 11) is 1.65. The predicted octanol–water partition coefficient (Wildman–Crippen LogP) is 1.33. The summed E-state index contributed by atoms with van der Waals surface area (Å²) < 4.78 is 22.1. The topological polar surface area (TPSA) is 64.0 Å². The van der Waals surface area contributed by atoms with Crippen LogP contribution in [0.3, 0.4) is 0 Å². The Labute approximate surface area is 136 Å².